The minimum Gasteiger partial charge on any atom is -0.461 e. The van der Waals surface area contributed by atoms with Gasteiger partial charge >= 0.3 is 12.1 Å². The van der Waals surface area contributed by atoms with Crippen molar-refractivity contribution in [3.8, 4) is 0 Å². The maximum atomic E-state index is 15.2. The Morgan fingerprint density at radius 2 is 1.69 bits per heavy atom. The predicted molar refractivity (Wildman–Crippen MR) is 225 cm³/mol. The number of rotatable bonds is 19. The molecular weight excluding hydrogens is 733 g/mol. The first kappa shape index (κ1) is 48.6. The van der Waals surface area contributed by atoms with Gasteiger partial charge in [0.1, 0.15) is 22.7 Å². The van der Waals surface area contributed by atoms with Crippen LogP contribution in [-0.2, 0) is 23.5 Å². The zero-order chi connectivity index (χ0) is 41.9. The van der Waals surface area contributed by atoms with Gasteiger partial charge in [0.2, 0.25) is 11.8 Å². The second-order valence-electron chi connectivity index (χ2n) is 18.5. The molecule has 0 saturated carbocycles. The van der Waals surface area contributed by atoms with Crippen LogP contribution < -0.4 is 5.32 Å². The highest BCUT2D eigenvalue weighted by molar-refractivity contribution is 7.09. The van der Waals surface area contributed by atoms with Crippen molar-refractivity contribution in [2.45, 2.75) is 189 Å². The maximum Gasteiger partial charge on any atom is 0.410 e. The Morgan fingerprint density at radius 1 is 1.04 bits per heavy atom. The molecule has 316 valence electrons. The van der Waals surface area contributed by atoms with Gasteiger partial charge in [0.05, 0.1) is 12.7 Å². The summed E-state index contributed by atoms with van der Waals surface area (Å²) in [7, 11) is -2.36. The summed E-state index contributed by atoms with van der Waals surface area (Å²) in [6.45, 7) is 32.0. The van der Waals surface area contributed by atoms with Crippen LogP contribution in [-0.4, -0.2) is 90.4 Å². The van der Waals surface area contributed by atoms with Crippen LogP contribution >= 0.6 is 11.3 Å². The highest BCUT2D eigenvalue weighted by Gasteiger charge is 2.44. The standard InChI is InChI=1S/C42H76N4O7SSi/c1-16-19-20-21-23-45(32(28(4)5)26-34(53-55(14,15)42(11,12)13)37-43-31(27-54-37)39(49)51-18-3)38(48)35(30(7)17-2)44-36(47)33-25-29(6)22-24-46(33)40(50)52-41(8,9)10/h27-30,32-35H,16-26H2,1-15H3,(H,44,47)/t29-,30+,32-,33-,34-,35+/m1/s1. The van der Waals surface area contributed by atoms with Crippen LogP contribution in [0.15, 0.2) is 5.38 Å². The molecule has 13 heteroatoms. The first-order valence-corrected chi connectivity index (χ1v) is 24.7. The van der Waals surface area contributed by atoms with E-state index in [2.05, 4.69) is 66.9 Å². The van der Waals surface area contributed by atoms with Crippen LogP contribution in [0.25, 0.3) is 0 Å². The summed E-state index contributed by atoms with van der Waals surface area (Å²) < 4.78 is 18.1. The summed E-state index contributed by atoms with van der Waals surface area (Å²) in [4.78, 5) is 63.8. The van der Waals surface area contributed by atoms with Gasteiger partial charge in [-0.2, -0.15) is 0 Å². The molecule has 0 aliphatic carbocycles. The second kappa shape index (κ2) is 21.3. The van der Waals surface area contributed by atoms with Crippen molar-refractivity contribution in [1.82, 2.24) is 20.1 Å². The van der Waals surface area contributed by atoms with Crippen LogP contribution in [0.2, 0.25) is 18.1 Å². The SMILES string of the molecule is CCCCCCN(C(=O)[C@@H](NC(=O)[C@H]1C[C@H](C)CCN1C(=O)OC(C)(C)C)[C@@H](C)CC)[C@H](C[C@@H](O[Si](C)(C)C(C)(C)C)c1nc(C(=O)OCC)cs1)C(C)C. The lowest BCUT2D eigenvalue weighted by Gasteiger charge is -2.43. The van der Waals surface area contributed by atoms with E-state index in [1.54, 1.807) is 17.2 Å². The van der Waals surface area contributed by atoms with Crippen LogP contribution in [0.3, 0.4) is 0 Å². The van der Waals surface area contributed by atoms with Crippen molar-refractivity contribution >= 4 is 43.5 Å². The third-order valence-electron chi connectivity index (χ3n) is 11.3. The minimum atomic E-state index is -2.36. The Labute approximate surface area is 338 Å². The number of carbonyl (C=O) groups is 4. The molecule has 3 amide bonds. The van der Waals surface area contributed by atoms with Crippen LogP contribution in [0.4, 0.5) is 4.79 Å². The molecule has 1 aliphatic rings. The highest BCUT2D eigenvalue weighted by Crippen LogP contribution is 2.42. The average Bonchev–Trinajstić information content (AvgIpc) is 3.58. The molecule has 1 N–H and O–H groups in total. The Morgan fingerprint density at radius 3 is 2.24 bits per heavy atom. The maximum absolute atomic E-state index is 15.2. The van der Waals surface area contributed by atoms with E-state index < -0.39 is 44.2 Å². The molecule has 1 aliphatic heterocycles. The number of nitrogens with zero attached hydrogens (tertiary/aromatic N) is 3. The molecule has 0 radical (unpaired) electrons. The lowest BCUT2D eigenvalue weighted by atomic mass is 9.90. The van der Waals surface area contributed by atoms with E-state index in [4.69, 9.17) is 18.9 Å². The normalized spacial score (nSPS) is 19.0. The fourth-order valence-corrected chi connectivity index (χ4v) is 8.82. The van der Waals surface area contributed by atoms with E-state index in [1.165, 1.54) is 11.3 Å². The summed E-state index contributed by atoms with van der Waals surface area (Å²) in [6, 6.07) is -1.79. The fraction of sp³-hybridized carbons (Fsp3) is 0.833. The predicted octanol–water partition coefficient (Wildman–Crippen LogP) is 9.77. The number of esters is 1. The number of hydrogen-bond donors (Lipinski definition) is 1. The van der Waals surface area contributed by atoms with Crippen LogP contribution in [0.1, 0.15) is 163 Å². The monoisotopic (exact) mass is 809 g/mol. The van der Waals surface area contributed by atoms with Gasteiger partial charge in [-0.15, -0.1) is 11.3 Å². The Bertz CT molecular complexity index is 1390. The quantitative estimate of drug-likeness (QED) is 0.0832. The molecule has 1 aromatic heterocycles. The number of unbranched alkanes of at least 4 members (excludes halogenated alkanes) is 3. The zero-order valence-electron chi connectivity index (χ0n) is 37.0. The summed E-state index contributed by atoms with van der Waals surface area (Å²) >= 11 is 1.39. The number of likely N-dealkylation sites (tertiary alicyclic amines) is 1. The van der Waals surface area contributed by atoms with Gasteiger partial charge in [-0.1, -0.05) is 88.0 Å². The van der Waals surface area contributed by atoms with Crippen molar-refractivity contribution < 1.29 is 33.1 Å². The summed E-state index contributed by atoms with van der Waals surface area (Å²) in [5.41, 5.74) is -0.442. The molecule has 11 nitrogen and oxygen atoms in total. The van der Waals surface area contributed by atoms with Crippen molar-refractivity contribution in [2.75, 3.05) is 19.7 Å². The van der Waals surface area contributed by atoms with Crippen LogP contribution in [0, 0.1) is 17.8 Å². The van der Waals surface area contributed by atoms with Gasteiger partial charge < -0.3 is 24.1 Å². The molecule has 55 heavy (non-hydrogen) atoms. The van der Waals surface area contributed by atoms with E-state index in [9.17, 15) is 14.4 Å². The second-order valence-corrected chi connectivity index (χ2v) is 24.1. The van der Waals surface area contributed by atoms with Gasteiger partial charge in [-0.05, 0) is 89.3 Å². The summed E-state index contributed by atoms with van der Waals surface area (Å²) in [5.74, 6) is -0.793. The fourth-order valence-electron chi connectivity index (χ4n) is 6.63. The molecule has 0 aromatic carbocycles. The first-order chi connectivity index (χ1) is 25.5. The number of hydrogen-bond acceptors (Lipinski definition) is 9. The molecule has 2 heterocycles. The summed E-state index contributed by atoms with van der Waals surface area (Å²) in [6.07, 6.45) is 5.39. The molecule has 1 aromatic rings. The number of ether oxygens (including phenoxy) is 2. The largest absolute Gasteiger partial charge is 0.461 e. The third kappa shape index (κ3) is 14.4. The number of amides is 3. The molecule has 0 spiro atoms. The molecule has 0 unspecified atom stereocenters. The highest BCUT2D eigenvalue weighted by atomic mass is 32.1. The summed E-state index contributed by atoms with van der Waals surface area (Å²) in [5, 5.41) is 5.52. The van der Waals surface area contributed by atoms with Gasteiger partial charge in [-0.25, -0.2) is 14.6 Å². The Hall–Kier alpha value is -2.51. The number of carbonyl (C=O) groups excluding carboxylic acids is 4. The first-order valence-electron chi connectivity index (χ1n) is 20.9. The van der Waals surface area contributed by atoms with E-state index in [0.717, 1.165) is 32.1 Å². The van der Waals surface area contributed by atoms with Crippen molar-refractivity contribution in [1.29, 1.82) is 0 Å². The van der Waals surface area contributed by atoms with E-state index in [-0.39, 0.29) is 52.9 Å². The topological polar surface area (TPSA) is 127 Å². The molecule has 6 atom stereocenters. The molecule has 1 saturated heterocycles. The third-order valence-corrected chi connectivity index (χ3v) is 16.7. The van der Waals surface area contributed by atoms with E-state index >= 15 is 4.79 Å². The average molecular weight is 809 g/mol. The Kier molecular flexibility index (Phi) is 18.8. The smallest absolute Gasteiger partial charge is 0.410 e. The number of nitrogens with one attached hydrogen (secondary N) is 1. The lowest BCUT2D eigenvalue weighted by molar-refractivity contribution is -0.143. The van der Waals surface area contributed by atoms with Crippen molar-refractivity contribution in [3.63, 3.8) is 0 Å². The van der Waals surface area contributed by atoms with Crippen molar-refractivity contribution in [3.05, 3.63) is 16.1 Å². The van der Waals surface area contributed by atoms with Crippen molar-refractivity contribution in [2.24, 2.45) is 17.8 Å². The Balaban J connectivity index is 2.61. The van der Waals surface area contributed by atoms with E-state index in [0.29, 0.717) is 37.4 Å². The molecule has 0 bridgehead atoms. The van der Waals surface area contributed by atoms with Gasteiger partial charge in [0, 0.05) is 24.5 Å². The van der Waals surface area contributed by atoms with E-state index in [1.807, 2.05) is 39.5 Å². The lowest BCUT2D eigenvalue weighted by Crippen LogP contribution is -2.60. The van der Waals surface area contributed by atoms with Crippen LogP contribution in [0.5, 0.6) is 0 Å². The molecule has 1 fully saturated rings. The number of thiazole rings is 1. The van der Waals surface area contributed by atoms with Gasteiger partial charge in [0.15, 0.2) is 14.0 Å². The minimum absolute atomic E-state index is 0.0419. The molecular formula is C42H76N4O7SSi. The number of aromatic nitrogens is 1. The number of piperidine rings is 1. The van der Waals surface area contributed by atoms with Gasteiger partial charge in [0.25, 0.3) is 0 Å². The van der Waals surface area contributed by atoms with Gasteiger partial charge in [-0.3, -0.25) is 14.5 Å². The zero-order valence-corrected chi connectivity index (χ0v) is 38.8. The molecule has 2 rings (SSSR count).